The van der Waals surface area contributed by atoms with Crippen molar-refractivity contribution in [2.75, 3.05) is 17.4 Å². The number of alkyl halides is 1. The van der Waals surface area contributed by atoms with Crippen LogP contribution in [-0.2, 0) is 19.4 Å². The van der Waals surface area contributed by atoms with Crippen molar-refractivity contribution in [3.05, 3.63) is 0 Å². The number of sulfone groups is 1. The Kier molecular flexibility index (Phi) is 2.95. The molecule has 4 nitrogen and oxygen atoms in total. The Labute approximate surface area is 75.8 Å². The van der Waals surface area contributed by atoms with Crippen molar-refractivity contribution in [2.24, 2.45) is 0 Å². The maximum atomic E-state index is 10.9. The summed E-state index contributed by atoms with van der Waals surface area (Å²) in [4.78, 5) is 10.6. The summed E-state index contributed by atoms with van der Waals surface area (Å²) in [5.41, 5.74) is 0. The normalized spacial score (nSPS) is 26.9. The summed E-state index contributed by atoms with van der Waals surface area (Å²) in [6.07, 6.45) is -0.0911. The van der Waals surface area contributed by atoms with Crippen LogP contribution in [-0.4, -0.2) is 37.9 Å². The van der Waals surface area contributed by atoms with Crippen LogP contribution in [0.15, 0.2) is 0 Å². The Morgan fingerprint density at radius 3 is 2.67 bits per heavy atom. The summed E-state index contributed by atoms with van der Waals surface area (Å²) in [5.74, 6) is -0.738. The number of halogens is 1. The lowest BCUT2D eigenvalue weighted by molar-refractivity contribution is -0.144. The van der Waals surface area contributed by atoms with Crippen molar-refractivity contribution >= 4 is 27.4 Å². The molecule has 6 heteroatoms. The first kappa shape index (κ1) is 9.80. The highest BCUT2D eigenvalue weighted by atomic mass is 35.5. The number of carbonyl (C=O) groups is 1. The Balaban J connectivity index is 2.43. The van der Waals surface area contributed by atoms with Crippen molar-refractivity contribution in [1.82, 2.24) is 0 Å². The van der Waals surface area contributed by atoms with Gasteiger partial charge < -0.3 is 4.74 Å². The molecule has 0 spiro atoms. The summed E-state index contributed by atoms with van der Waals surface area (Å²) in [6.45, 7) is 0. The number of hydrogen-bond donors (Lipinski definition) is 0. The molecular weight excluding hydrogens is 204 g/mol. The van der Waals surface area contributed by atoms with E-state index in [0.717, 1.165) is 0 Å². The zero-order valence-electron chi connectivity index (χ0n) is 6.32. The molecule has 1 saturated heterocycles. The summed E-state index contributed by atoms with van der Waals surface area (Å²) < 4.78 is 26.5. The minimum absolute atomic E-state index is 0.0599. The molecule has 1 heterocycles. The molecule has 0 unspecified atom stereocenters. The molecule has 0 aliphatic carbocycles. The highest BCUT2D eigenvalue weighted by molar-refractivity contribution is 7.91. The van der Waals surface area contributed by atoms with Crippen LogP contribution in [0.5, 0.6) is 0 Å². The van der Waals surface area contributed by atoms with Crippen LogP contribution in [0.25, 0.3) is 0 Å². The molecule has 0 aromatic carbocycles. The van der Waals surface area contributed by atoms with Gasteiger partial charge in [-0.2, -0.15) is 0 Å². The Morgan fingerprint density at radius 1 is 1.58 bits per heavy atom. The largest absolute Gasteiger partial charge is 0.460 e. The van der Waals surface area contributed by atoms with Crippen molar-refractivity contribution in [1.29, 1.82) is 0 Å². The van der Waals surface area contributed by atoms with Gasteiger partial charge in [-0.25, -0.2) is 8.42 Å². The van der Waals surface area contributed by atoms with Crippen LogP contribution in [0, 0.1) is 0 Å². The third-order valence-electron chi connectivity index (χ3n) is 1.60. The van der Waals surface area contributed by atoms with Gasteiger partial charge in [0, 0.05) is 0 Å². The number of carbonyl (C=O) groups excluding carboxylic acids is 1. The van der Waals surface area contributed by atoms with Gasteiger partial charge in [0.05, 0.1) is 11.5 Å². The molecule has 70 valence electrons. The van der Waals surface area contributed by atoms with Gasteiger partial charge in [0.2, 0.25) is 0 Å². The lowest BCUT2D eigenvalue weighted by Crippen LogP contribution is -2.19. The third-order valence-corrected chi connectivity index (χ3v) is 3.55. The monoisotopic (exact) mass is 212 g/mol. The fourth-order valence-corrected chi connectivity index (χ4v) is 2.72. The topological polar surface area (TPSA) is 60.4 Å². The molecule has 0 aromatic heterocycles. The fourth-order valence-electron chi connectivity index (χ4n) is 1.07. The van der Waals surface area contributed by atoms with Crippen molar-refractivity contribution in [3.63, 3.8) is 0 Å². The van der Waals surface area contributed by atoms with E-state index in [1.807, 2.05) is 0 Å². The van der Waals surface area contributed by atoms with Crippen LogP contribution in [0.4, 0.5) is 0 Å². The van der Waals surface area contributed by atoms with E-state index < -0.39 is 21.9 Å². The van der Waals surface area contributed by atoms with Gasteiger partial charge in [-0.05, 0) is 6.42 Å². The van der Waals surface area contributed by atoms with E-state index in [1.54, 1.807) is 0 Å². The minimum atomic E-state index is -2.97. The summed E-state index contributed by atoms with van der Waals surface area (Å²) in [6, 6.07) is 0. The summed E-state index contributed by atoms with van der Waals surface area (Å²) >= 11 is 5.18. The van der Waals surface area contributed by atoms with E-state index in [0.29, 0.717) is 6.42 Å². The van der Waals surface area contributed by atoms with Crippen LogP contribution >= 0.6 is 11.6 Å². The highest BCUT2D eigenvalue weighted by Crippen LogP contribution is 2.14. The predicted molar refractivity (Wildman–Crippen MR) is 43.9 cm³/mol. The maximum absolute atomic E-state index is 10.9. The van der Waals surface area contributed by atoms with Gasteiger partial charge >= 0.3 is 5.97 Å². The zero-order chi connectivity index (χ0) is 9.19. The molecule has 0 bridgehead atoms. The molecule has 0 N–H and O–H groups in total. The number of esters is 1. The second kappa shape index (κ2) is 3.62. The molecule has 0 radical (unpaired) electrons. The Morgan fingerprint density at radius 2 is 2.25 bits per heavy atom. The van der Waals surface area contributed by atoms with Gasteiger partial charge in [-0.1, -0.05) is 0 Å². The van der Waals surface area contributed by atoms with Crippen LogP contribution in [0.1, 0.15) is 6.42 Å². The molecule has 1 aliphatic heterocycles. The first-order valence-electron chi connectivity index (χ1n) is 3.49. The molecule has 12 heavy (non-hydrogen) atoms. The van der Waals surface area contributed by atoms with E-state index in [9.17, 15) is 13.2 Å². The number of rotatable bonds is 2. The molecule has 1 atom stereocenters. The van der Waals surface area contributed by atoms with Crippen LogP contribution in [0.2, 0.25) is 0 Å². The minimum Gasteiger partial charge on any atom is -0.460 e. The summed E-state index contributed by atoms with van der Waals surface area (Å²) in [5, 5.41) is 0. The zero-order valence-corrected chi connectivity index (χ0v) is 7.90. The van der Waals surface area contributed by atoms with Crippen molar-refractivity contribution < 1.29 is 17.9 Å². The van der Waals surface area contributed by atoms with E-state index in [1.165, 1.54) is 0 Å². The fraction of sp³-hybridized carbons (Fsp3) is 0.833. The highest BCUT2D eigenvalue weighted by Gasteiger charge is 2.30. The lowest BCUT2D eigenvalue weighted by atomic mass is 10.3. The van der Waals surface area contributed by atoms with Gasteiger partial charge in [-0.15, -0.1) is 11.6 Å². The van der Waals surface area contributed by atoms with E-state index in [-0.39, 0.29) is 17.4 Å². The van der Waals surface area contributed by atoms with Gasteiger partial charge in [0.15, 0.2) is 9.84 Å². The van der Waals surface area contributed by atoms with E-state index in [4.69, 9.17) is 16.3 Å². The molecule has 0 aromatic rings. The predicted octanol–water partition coefficient (Wildman–Crippen LogP) is -0.0445. The average molecular weight is 213 g/mol. The second-order valence-corrected chi connectivity index (χ2v) is 5.14. The Hall–Kier alpha value is -0.290. The number of hydrogen-bond acceptors (Lipinski definition) is 4. The molecule has 1 rings (SSSR count). The lowest BCUT2D eigenvalue weighted by Gasteiger charge is -2.07. The quantitative estimate of drug-likeness (QED) is 0.476. The number of ether oxygens (including phenoxy) is 1. The third kappa shape index (κ3) is 2.64. The van der Waals surface area contributed by atoms with Gasteiger partial charge in [0.1, 0.15) is 12.0 Å². The Bertz CT molecular complexity index is 271. The molecule has 1 fully saturated rings. The SMILES string of the molecule is O=C(CCl)O[C@H]1CCS(=O)(=O)C1. The van der Waals surface area contributed by atoms with Gasteiger partial charge in [-0.3, -0.25) is 4.79 Å². The standard InChI is InChI=1S/C6H9ClO4S/c7-3-6(8)11-5-1-2-12(9,10)4-5/h5H,1-4H2/t5-/m0/s1. The van der Waals surface area contributed by atoms with Crippen molar-refractivity contribution in [2.45, 2.75) is 12.5 Å². The maximum Gasteiger partial charge on any atom is 0.321 e. The van der Waals surface area contributed by atoms with Crippen molar-refractivity contribution in [3.8, 4) is 0 Å². The summed E-state index contributed by atoms with van der Waals surface area (Å²) in [7, 11) is -2.97. The first-order chi connectivity index (χ1) is 5.53. The van der Waals surface area contributed by atoms with Crippen LogP contribution < -0.4 is 0 Å². The average Bonchev–Trinajstić information content (AvgIpc) is 2.30. The molecule has 1 aliphatic rings. The van der Waals surface area contributed by atoms with Gasteiger partial charge in [0.25, 0.3) is 0 Å². The van der Waals surface area contributed by atoms with E-state index in [2.05, 4.69) is 0 Å². The smallest absolute Gasteiger partial charge is 0.321 e. The molecule has 0 saturated carbocycles. The molecule has 0 amide bonds. The van der Waals surface area contributed by atoms with Crippen LogP contribution in [0.3, 0.4) is 0 Å². The first-order valence-corrected chi connectivity index (χ1v) is 5.85. The second-order valence-electron chi connectivity index (χ2n) is 2.65. The van der Waals surface area contributed by atoms with E-state index >= 15 is 0 Å². The molecular formula is C6H9ClO4S.